The molecule has 3 nitrogen and oxygen atoms in total. The molecule has 0 aromatic carbocycles. The molecule has 11 heavy (non-hydrogen) atoms. The lowest BCUT2D eigenvalue weighted by molar-refractivity contribution is -0.0470. The van der Waals surface area contributed by atoms with Crippen molar-refractivity contribution >= 4 is 0 Å². The summed E-state index contributed by atoms with van der Waals surface area (Å²) in [6.45, 7) is 0. The predicted molar refractivity (Wildman–Crippen MR) is 41.0 cm³/mol. The minimum absolute atomic E-state index is 0.358. The Balaban J connectivity index is 2.60. The van der Waals surface area contributed by atoms with E-state index in [1.54, 1.807) is 12.2 Å². The highest BCUT2D eigenvalue weighted by atomic mass is 16.6. The van der Waals surface area contributed by atoms with Gasteiger partial charge in [-0.25, -0.2) is 0 Å². The van der Waals surface area contributed by atoms with Gasteiger partial charge in [-0.15, -0.1) is 0 Å². The van der Waals surface area contributed by atoms with Gasteiger partial charge in [-0.2, -0.15) is 0 Å². The zero-order chi connectivity index (χ0) is 8.27. The van der Waals surface area contributed by atoms with Crippen LogP contribution >= 0.6 is 0 Å². The second-order valence-electron chi connectivity index (χ2n) is 2.49. The van der Waals surface area contributed by atoms with E-state index in [4.69, 9.17) is 14.9 Å². The van der Waals surface area contributed by atoms with Gasteiger partial charge in [0.2, 0.25) is 0 Å². The number of methoxy groups -OCH3 is 1. The topological polar surface area (TPSA) is 49.7 Å². The van der Waals surface area contributed by atoms with E-state index in [-0.39, 0.29) is 0 Å². The van der Waals surface area contributed by atoms with Crippen molar-refractivity contribution in [3.63, 3.8) is 0 Å². The summed E-state index contributed by atoms with van der Waals surface area (Å²) in [6, 6.07) is 0. The SMILES string of the molecule is COC(O)C1=CC=C(O)CC1. The molecule has 2 N–H and O–H groups in total. The fourth-order valence-corrected chi connectivity index (χ4v) is 0.999. The molecule has 1 unspecified atom stereocenters. The van der Waals surface area contributed by atoms with Gasteiger partial charge in [-0.1, -0.05) is 6.08 Å². The summed E-state index contributed by atoms with van der Waals surface area (Å²) in [5.41, 5.74) is 0.810. The van der Waals surface area contributed by atoms with Gasteiger partial charge in [0.05, 0.1) is 5.76 Å². The van der Waals surface area contributed by atoms with Crippen LogP contribution in [0, 0.1) is 0 Å². The van der Waals surface area contributed by atoms with Crippen LogP contribution in [0.3, 0.4) is 0 Å². The molecule has 0 radical (unpaired) electrons. The molecule has 1 aliphatic rings. The second-order valence-corrected chi connectivity index (χ2v) is 2.49. The van der Waals surface area contributed by atoms with Gasteiger partial charge in [0, 0.05) is 13.5 Å². The quantitative estimate of drug-likeness (QED) is 0.589. The summed E-state index contributed by atoms with van der Waals surface area (Å²) in [6.07, 6.45) is 3.71. The van der Waals surface area contributed by atoms with Crippen LogP contribution in [0.15, 0.2) is 23.5 Å². The van der Waals surface area contributed by atoms with Crippen LogP contribution in [-0.4, -0.2) is 23.6 Å². The van der Waals surface area contributed by atoms with Crippen molar-refractivity contribution < 1.29 is 14.9 Å². The van der Waals surface area contributed by atoms with Crippen LogP contribution in [-0.2, 0) is 4.74 Å². The third kappa shape index (κ3) is 2.06. The lowest BCUT2D eigenvalue weighted by Crippen LogP contribution is -2.13. The molecule has 0 heterocycles. The van der Waals surface area contributed by atoms with E-state index in [1.807, 2.05) is 0 Å². The monoisotopic (exact) mass is 156 g/mol. The van der Waals surface area contributed by atoms with E-state index in [0.29, 0.717) is 18.6 Å². The molecular formula is C8H12O3. The normalized spacial score (nSPS) is 20.5. The Hall–Kier alpha value is -0.800. The van der Waals surface area contributed by atoms with Gasteiger partial charge in [-0.05, 0) is 18.1 Å². The first-order valence-electron chi connectivity index (χ1n) is 3.53. The maximum Gasteiger partial charge on any atom is 0.177 e. The Bertz CT molecular complexity index is 194. The average molecular weight is 156 g/mol. The van der Waals surface area contributed by atoms with Crippen molar-refractivity contribution in [3.8, 4) is 0 Å². The number of aliphatic hydroxyl groups is 2. The molecular weight excluding hydrogens is 144 g/mol. The Morgan fingerprint density at radius 3 is 2.64 bits per heavy atom. The molecule has 0 aromatic rings. The first-order chi connectivity index (χ1) is 5.24. The summed E-state index contributed by atoms with van der Waals surface area (Å²) in [5, 5.41) is 18.1. The largest absolute Gasteiger partial charge is 0.512 e. The summed E-state index contributed by atoms with van der Waals surface area (Å²) >= 11 is 0. The van der Waals surface area contributed by atoms with Gasteiger partial charge in [0.1, 0.15) is 0 Å². The minimum Gasteiger partial charge on any atom is -0.512 e. The molecule has 0 amide bonds. The standard InChI is InChI=1S/C8H12O3/c1-11-8(10)6-2-4-7(9)5-3-6/h2,4,8-10H,3,5H2,1H3. The van der Waals surface area contributed by atoms with Gasteiger partial charge in [0.15, 0.2) is 6.29 Å². The highest BCUT2D eigenvalue weighted by Gasteiger charge is 2.12. The number of rotatable bonds is 2. The second kappa shape index (κ2) is 3.55. The highest BCUT2D eigenvalue weighted by molar-refractivity contribution is 5.21. The van der Waals surface area contributed by atoms with E-state index < -0.39 is 6.29 Å². The molecule has 0 saturated heterocycles. The maximum absolute atomic E-state index is 9.17. The predicted octanol–water partition coefficient (Wildman–Crippen LogP) is 1.11. The lowest BCUT2D eigenvalue weighted by Gasteiger charge is -2.15. The summed E-state index contributed by atoms with van der Waals surface area (Å²) in [7, 11) is 1.45. The number of hydrogen-bond acceptors (Lipinski definition) is 3. The molecule has 1 rings (SSSR count). The average Bonchev–Trinajstić information content (AvgIpc) is 2.05. The Morgan fingerprint density at radius 2 is 2.18 bits per heavy atom. The zero-order valence-electron chi connectivity index (χ0n) is 6.45. The first-order valence-corrected chi connectivity index (χ1v) is 3.53. The molecule has 1 aliphatic carbocycles. The van der Waals surface area contributed by atoms with E-state index in [0.717, 1.165) is 5.57 Å². The minimum atomic E-state index is -0.820. The molecule has 62 valence electrons. The molecule has 3 heteroatoms. The molecule has 0 aromatic heterocycles. The number of hydrogen-bond donors (Lipinski definition) is 2. The molecule has 1 atom stereocenters. The third-order valence-corrected chi connectivity index (χ3v) is 1.70. The van der Waals surface area contributed by atoms with Crippen LogP contribution in [0.5, 0.6) is 0 Å². The van der Waals surface area contributed by atoms with E-state index >= 15 is 0 Å². The van der Waals surface area contributed by atoms with E-state index in [1.165, 1.54) is 7.11 Å². The fourth-order valence-electron chi connectivity index (χ4n) is 0.999. The van der Waals surface area contributed by atoms with Crippen molar-refractivity contribution in [2.75, 3.05) is 7.11 Å². The Kier molecular flexibility index (Phi) is 2.68. The molecule has 0 spiro atoms. The van der Waals surface area contributed by atoms with Crippen LogP contribution in [0.25, 0.3) is 0 Å². The molecule has 0 saturated carbocycles. The van der Waals surface area contributed by atoms with Gasteiger partial charge in [-0.3, -0.25) is 0 Å². The van der Waals surface area contributed by atoms with Crippen LogP contribution in [0.2, 0.25) is 0 Å². The summed E-state index contributed by atoms with van der Waals surface area (Å²) in [5.74, 6) is 0.358. The first kappa shape index (κ1) is 8.30. The van der Waals surface area contributed by atoms with Gasteiger partial charge < -0.3 is 14.9 Å². The van der Waals surface area contributed by atoms with Crippen LogP contribution < -0.4 is 0 Å². The molecule has 0 aliphatic heterocycles. The third-order valence-electron chi connectivity index (χ3n) is 1.70. The molecule has 0 bridgehead atoms. The van der Waals surface area contributed by atoms with Crippen LogP contribution in [0.1, 0.15) is 12.8 Å². The van der Waals surface area contributed by atoms with E-state index in [9.17, 15) is 0 Å². The van der Waals surface area contributed by atoms with Crippen molar-refractivity contribution in [3.05, 3.63) is 23.5 Å². The number of allylic oxidation sites excluding steroid dienone is 3. The van der Waals surface area contributed by atoms with E-state index in [2.05, 4.69) is 0 Å². The highest BCUT2D eigenvalue weighted by Crippen LogP contribution is 2.19. The zero-order valence-corrected chi connectivity index (χ0v) is 6.45. The van der Waals surface area contributed by atoms with Crippen molar-refractivity contribution in [2.45, 2.75) is 19.1 Å². The van der Waals surface area contributed by atoms with Gasteiger partial charge in [0.25, 0.3) is 0 Å². The summed E-state index contributed by atoms with van der Waals surface area (Å²) < 4.78 is 4.70. The number of ether oxygens (including phenoxy) is 1. The summed E-state index contributed by atoms with van der Waals surface area (Å²) in [4.78, 5) is 0. The Morgan fingerprint density at radius 1 is 1.45 bits per heavy atom. The van der Waals surface area contributed by atoms with Crippen molar-refractivity contribution in [1.82, 2.24) is 0 Å². The maximum atomic E-state index is 9.17. The van der Waals surface area contributed by atoms with Gasteiger partial charge >= 0.3 is 0 Å². The molecule has 0 fully saturated rings. The Labute approximate surface area is 65.6 Å². The van der Waals surface area contributed by atoms with Crippen molar-refractivity contribution in [2.24, 2.45) is 0 Å². The lowest BCUT2D eigenvalue weighted by atomic mass is 10.0. The van der Waals surface area contributed by atoms with Crippen molar-refractivity contribution in [1.29, 1.82) is 0 Å². The van der Waals surface area contributed by atoms with Crippen LogP contribution in [0.4, 0.5) is 0 Å². The fraction of sp³-hybridized carbons (Fsp3) is 0.500. The smallest absolute Gasteiger partial charge is 0.177 e. The number of aliphatic hydroxyl groups excluding tert-OH is 2.